The fraction of sp³-hybridized carbons (Fsp3) is 0.684. The fourth-order valence-electron chi connectivity index (χ4n) is 2.62. The van der Waals surface area contributed by atoms with Crippen LogP contribution in [-0.2, 0) is 20.9 Å². The van der Waals surface area contributed by atoms with E-state index in [0.29, 0.717) is 0 Å². The van der Waals surface area contributed by atoms with E-state index in [1.165, 1.54) is 32.9 Å². The molecule has 0 unspecified atom stereocenters. The molecule has 0 fully saturated rings. The van der Waals surface area contributed by atoms with Gasteiger partial charge in [0, 0.05) is 4.90 Å². The molecule has 1 N–H and O–H groups in total. The summed E-state index contributed by atoms with van der Waals surface area (Å²) in [6, 6.07) is 3.66. The Hall–Kier alpha value is -1.22. The van der Waals surface area contributed by atoms with Crippen LogP contribution in [-0.4, -0.2) is 41.2 Å². The van der Waals surface area contributed by atoms with Crippen LogP contribution in [0.2, 0.25) is 0 Å². The molecule has 1 aromatic carbocycles. The second kappa shape index (κ2) is 8.43. The normalized spacial score (nSPS) is 15.6. The highest BCUT2D eigenvalue weighted by Crippen LogP contribution is 2.61. The summed E-state index contributed by atoms with van der Waals surface area (Å²) in [7, 11) is -7.40. The predicted octanol–water partition coefficient (Wildman–Crippen LogP) is 7.35. The zero-order valence-corrected chi connectivity index (χ0v) is 20.2. The summed E-state index contributed by atoms with van der Waals surface area (Å²) in [5.74, 6) is -22.5. The molecule has 0 spiro atoms. The van der Waals surface area contributed by atoms with Gasteiger partial charge in [-0.15, -0.1) is 0 Å². The number of alkyl halides is 10. The van der Waals surface area contributed by atoms with Crippen molar-refractivity contribution >= 4 is 21.9 Å². The molecular formula is C19H22F10O3S2. The van der Waals surface area contributed by atoms with Gasteiger partial charge in [-0.05, 0) is 39.8 Å². The number of halogens is 10. The Labute approximate surface area is 194 Å². The molecule has 0 atom stereocenters. The molecule has 34 heavy (non-hydrogen) atoms. The maximum Gasteiger partial charge on any atom is 0.438 e. The predicted molar refractivity (Wildman–Crippen MR) is 106 cm³/mol. The van der Waals surface area contributed by atoms with E-state index >= 15 is 0 Å². The quantitative estimate of drug-likeness (QED) is 0.218. The fourth-order valence-corrected chi connectivity index (χ4v) is 4.27. The monoisotopic (exact) mass is 552 g/mol. The first-order chi connectivity index (χ1) is 14.6. The lowest BCUT2D eigenvalue weighted by Gasteiger charge is -2.38. The van der Waals surface area contributed by atoms with Crippen LogP contribution in [0.25, 0.3) is 0 Å². The smallest absolute Gasteiger partial charge is 0.281 e. The van der Waals surface area contributed by atoms with Crippen molar-refractivity contribution in [2.45, 2.75) is 85.5 Å². The molecule has 0 heterocycles. The maximum absolute atomic E-state index is 14.5. The zero-order valence-electron chi connectivity index (χ0n) is 18.6. The average Bonchev–Trinajstić information content (AvgIpc) is 2.57. The van der Waals surface area contributed by atoms with E-state index in [4.69, 9.17) is 4.55 Å². The molecule has 0 saturated heterocycles. The molecular weight excluding hydrogens is 530 g/mol. The first-order valence-corrected chi connectivity index (χ1v) is 11.5. The lowest BCUT2D eigenvalue weighted by molar-refractivity contribution is -0.374. The number of thioether (sulfide) groups is 1. The van der Waals surface area contributed by atoms with Gasteiger partial charge in [0.25, 0.3) is 0 Å². The molecule has 1 rings (SSSR count). The Balaban J connectivity index is 3.72. The van der Waals surface area contributed by atoms with Crippen molar-refractivity contribution in [1.82, 2.24) is 0 Å². The van der Waals surface area contributed by atoms with E-state index in [2.05, 4.69) is 0 Å². The lowest BCUT2D eigenvalue weighted by atomic mass is 9.82. The largest absolute Gasteiger partial charge is 0.438 e. The van der Waals surface area contributed by atoms with Crippen molar-refractivity contribution in [1.29, 1.82) is 0 Å². The molecule has 0 amide bonds. The second-order valence-electron chi connectivity index (χ2n) is 9.54. The molecule has 0 aliphatic heterocycles. The molecule has 0 bridgehead atoms. The van der Waals surface area contributed by atoms with Gasteiger partial charge < -0.3 is 0 Å². The van der Waals surface area contributed by atoms with Crippen molar-refractivity contribution in [2.75, 3.05) is 0 Å². The van der Waals surface area contributed by atoms with Crippen LogP contribution in [0.4, 0.5) is 43.9 Å². The maximum atomic E-state index is 14.5. The van der Waals surface area contributed by atoms with Gasteiger partial charge >= 0.3 is 38.4 Å². The first-order valence-electron chi connectivity index (χ1n) is 9.26. The number of benzene rings is 1. The summed E-state index contributed by atoms with van der Waals surface area (Å²) < 4.78 is 168. The second-order valence-corrected chi connectivity index (χ2v) is 12.2. The van der Waals surface area contributed by atoms with Gasteiger partial charge in [-0.25, -0.2) is 0 Å². The van der Waals surface area contributed by atoms with Crippen molar-refractivity contribution in [3.63, 3.8) is 0 Å². The van der Waals surface area contributed by atoms with Gasteiger partial charge in [-0.2, -0.15) is 52.3 Å². The molecule has 0 aliphatic rings. The van der Waals surface area contributed by atoms with Crippen LogP contribution in [0.3, 0.4) is 0 Å². The van der Waals surface area contributed by atoms with Gasteiger partial charge in [0.05, 0.1) is 0 Å². The van der Waals surface area contributed by atoms with Gasteiger partial charge in [-0.1, -0.05) is 53.7 Å². The van der Waals surface area contributed by atoms with E-state index in [9.17, 15) is 52.3 Å². The Morgan fingerprint density at radius 2 is 1.15 bits per heavy atom. The summed E-state index contributed by atoms with van der Waals surface area (Å²) in [6.45, 7) is 9.17. The summed E-state index contributed by atoms with van der Waals surface area (Å²) in [5, 5.41) is -13.4. The Morgan fingerprint density at radius 3 is 1.50 bits per heavy atom. The third-order valence-electron chi connectivity index (χ3n) is 4.74. The summed E-state index contributed by atoms with van der Waals surface area (Å²) in [6.07, 6.45) is 0. The van der Waals surface area contributed by atoms with Crippen molar-refractivity contribution in [3.05, 3.63) is 29.3 Å². The summed E-state index contributed by atoms with van der Waals surface area (Å²) >= 11 is -1.26. The topological polar surface area (TPSA) is 54.4 Å². The minimum absolute atomic E-state index is 0.0701. The van der Waals surface area contributed by atoms with Crippen LogP contribution in [0.5, 0.6) is 0 Å². The summed E-state index contributed by atoms with van der Waals surface area (Å²) in [4.78, 5) is -0.717. The first kappa shape index (κ1) is 30.8. The van der Waals surface area contributed by atoms with E-state index in [0.717, 1.165) is 6.07 Å². The molecule has 15 heteroatoms. The van der Waals surface area contributed by atoms with Crippen LogP contribution >= 0.6 is 11.8 Å². The number of rotatable bonds is 7. The van der Waals surface area contributed by atoms with Crippen molar-refractivity contribution in [3.8, 4) is 0 Å². The highest BCUT2D eigenvalue weighted by atomic mass is 32.2. The molecule has 0 aliphatic carbocycles. The Morgan fingerprint density at radius 1 is 0.706 bits per heavy atom. The van der Waals surface area contributed by atoms with Crippen LogP contribution in [0, 0.1) is 0 Å². The van der Waals surface area contributed by atoms with Crippen LogP contribution in [0.15, 0.2) is 23.1 Å². The molecule has 198 valence electrons. The minimum Gasteiger partial charge on any atom is -0.281 e. The molecule has 0 aromatic heterocycles. The molecule has 0 radical (unpaired) electrons. The molecule has 0 saturated carbocycles. The van der Waals surface area contributed by atoms with Crippen molar-refractivity contribution in [2.24, 2.45) is 0 Å². The lowest BCUT2D eigenvalue weighted by Crippen LogP contribution is -2.68. The highest BCUT2D eigenvalue weighted by molar-refractivity contribution is 8.00. The third kappa shape index (κ3) is 5.01. The van der Waals surface area contributed by atoms with E-state index < -0.39 is 65.9 Å². The van der Waals surface area contributed by atoms with E-state index in [-0.39, 0.29) is 11.1 Å². The minimum atomic E-state index is -7.63. The highest BCUT2D eigenvalue weighted by Gasteiger charge is 2.89. The average molecular weight is 552 g/mol. The van der Waals surface area contributed by atoms with Crippen LogP contribution < -0.4 is 0 Å². The number of hydrogen-bond acceptors (Lipinski definition) is 3. The SMILES string of the molecule is CC(C)(C)c1ccc(C(C)(C)C)c(SC(F)(F)C(F)(F)C(F)(F)C(F)(F)C(F)(F)S(=O)(=O)O)c1. The van der Waals surface area contributed by atoms with Gasteiger partial charge in [-0.3, -0.25) is 4.55 Å². The Kier molecular flexibility index (Phi) is 7.63. The van der Waals surface area contributed by atoms with Gasteiger partial charge in [0.2, 0.25) is 0 Å². The van der Waals surface area contributed by atoms with Crippen molar-refractivity contribution < 1.29 is 56.9 Å². The summed E-state index contributed by atoms with van der Waals surface area (Å²) in [5.41, 5.74) is -1.58. The molecule has 1 aromatic rings. The molecule has 3 nitrogen and oxygen atoms in total. The third-order valence-corrected chi connectivity index (χ3v) is 6.71. The number of hydrogen-bond donors (Lipinski definition) is 1. The standard InChI is InChI=1S/C19H22F10O3S2/c1-13(2,3)10-7-8-11(14(4,5)6)12(9-10)33-18(26,27)16(22,23)15(20,21)17(24,25)19(28,29)34(30,31)32/h7-9H,1-6H3,(H,30,31,32). The van der Waals surface area contributed by atoms with E-state index in [1.807, 2.05) is 0 Å². The zero-order chi connectivity index (χ0) is 27.6. The Bertz CT molecular complexity index is 1020. The van der Waals surface area contributed by atoms with Gasteiger partial charge in [0.1, 0.15) is 0 Å². The van der Waals surface area contributed by atoms with E-state index in [1.54, 1.807) is 20.8 Å². The van der Waals surface area contributed by atoms with Crippen LogP contribution in [0.1, 0.15) is 52.7 Å². The van der Waals surface area contributed by atoms with Gasteiger partial charge in [0.15, 0.2) is 0 Å².